The summed E-state index contributed by atoms with van der Waals surface area (Å²) in [5, 5.41) is 4.24. The van der Waals surface area contributed by atoms with Crippen molar-refractivity contribution in [3.8, 4) is 0 Å². The molecule has 2 aromatic heterocycles. The molecule has 0 fully saturated rings. The van der Waals surface area contributed by atoms with E-state index in [1.165, 1.54) is 28.4 Å². The summed E-state index contributed by atoms with van der Waals surface area (Å²) in [5.74, 6) is -0.0171. The smallest absolute Gasteiger partial charge is 0.268 e. The average Bonchev–Trinajstić information content (AvgIpc) is 2.86. The fourth-order valence-electron chi connectivity index (χ4n) is 1.44. The predicted molar refractivity (Wildman–Crippen MR) is 77.6 cm³/mol. The van der Waals surface area contributed by atoms with E-state index in [2.05, 4.69) is 30.7 Å². The molecule has 7 nitrogen and oxygen atoms in total. The summed E-state index contributed by atoms with van der Waals surface area (Å²) >= 11 is 4.39. The van der Waals surface area contributed by atoms with Crippen molar-refractivity contribution in [2.75, 3.05) is 10.5 Å². The number of nitrogen functional groups attached to an aromatic ring is 1. The molecular formula is C9H12BrN5O2S2. The third kappa shape index (κ3) is 3.25. The van der Waals surface area contributed by atoms with E-state index in [9.17, 15) is 8.42 Å². The van der Waals surface area contributed by atoms with E-state index in [-0.39, 0.29) is 15.8 Å². The number of rotatable bonds is 5. The predicted octanol–water partition coefficient (Wildman–Crippen LogP) is 1.90. The molecule has 0 radical (unpaired) electrons. The molecule has 0 bridgehead atoms. The molecule has 0 aliphatic carbocycles. The number of nitrogens with one attached hydrogen (secondary N) is 1. The fraction of sp³-hybridized carbons (Fsp3) is 0.333. The van der Waals surface area contributed by atoms with Crippen molar-refractivity contribution in [1.82, 2.24) is 14.8 Å². The van der Waals surface area contributed by atoms with Crippen LogP contribution < -0.4 is 10.5 Å². The van der Waals surface area contributed by atoms with Gasteiger partial charge in [0, 0.05) is 12.7 Å². The van der Waals surface area contributed by atoms with Crippen molar-refractivity contribution in [3.05, 3.63) is 16.2 Å². The van der Waals surface area contributed by atoms with Crippen molar-refractivity contribution < 1.29 is 8.42 Å². The van der Waals surface area contributed by atoms with Gasteiger partial charge in [-0.1, -0.05) is 18.3 Å². The van der Waals surface area contributed by atoms with Gasteiger partial charge in [0.1, 0.15) is 4.90 Å². The van der Waals surface area contributed by atoms with Crippen LogP contribution in [0.4, 0.5) is 10.9 Å². The van der Waals surface area contributed by atoms with E-state index in [4.69, 9.17) is 5.73 Å². The number of nitrogens with zero attached hydrogens (tertiary/aromatic N) is 3. The lowest BCUT2D eigenvalue weighted by atomic mass is 10.5. The first-order valence-corrected chi connectivity index (χ1v) is 8.48. The quantitative estimate of drug-likeness (QED) is 0.841. The molecule has 0 aliphatic rings. The zero-order valence-electron chi connectivity index (χ0n) is 10.00. The van der Waals surface area contributed by atoms with Crippen LogP contribution in [0.2, 0.25) is 0 Å². The minimum Gasteiger partial charge on any atom is -0.381 e. The maximum absolute atomic E-state index is 12.2. The minimum absolute atomic E-state index is 0.0171. The zero-order valence-corrected chi connectivity index (χ0v) is 13.2. The standard InChI is InChI=1S/C9H12BrN5O2S2/c1-2-3-15-5-6(8(11)13-15)19(16,17)14-9-12-4-7(10)18-9/h4-5H,2-3H2,1H3,(H2,11,13)(H,12,14). The van der Waals surface area contributed by atoms with Crippen LogP contribution in [0.3, 0.4) is 0 Å². The zero-order chi connectivity index (χ0) is 14.0. The van der Waals surface area contributed by atoms with Gasteiger partial charge in [0.05, 0.1) is 9.98 Å². The highest BCUT2D eigenvalue weighted by molar-refractivity contribution is 9.11. The van der Waals surface area contributed by atoms with E-state index in [1.807, 2.05) is 6.92 Å². The number of halogens is 1. The van der Waals surface area contributed by atoms with Gasteiger partial charge in [-0.2, -0.15) is 5.10 Å². The molecule has 2 heterocycles. The Bertz CT molecular complexity index is 679. The topological polar surface area (TPSA) is 103 Å². The fourth-order valence-corrected chi connectivity index (χ4v) is 3.86. The molecule has 104 valence electrons. The summed E-state index contributed by atoms with van der Waals surface area (Å²) in [6, 6.07) is 0. The summed E-state index contributed by atoms with van der Waals surface area (Å²) in [6.07, 6.45) is 3.78. The normalized spacial score (nSPS) is 11.7. The Kier molecular flexibility index (Phi) is 4.11. The van der Waals surface area contributed by atoms with Crippen LogP contribution in [0, 0.1) is 0 Å². The van der Waals surface area contributed by atoms with Gasteiger partial charge in [-0.15, -0.1) is 0 Å². The average molecular weight is 366 g/mol. The molecule has 0 aromatic carbocycles. The highest BCUT2D eigenvalue weighted by Gasteiger charge is 2.22. The van der Waals surface area contributed by atoms with Gasteiger partial charge < -0.3 is 5.73 Å². The minimum atomic E-state index is -3.76. The molecular weight excluding hydrogens is 354 g/mol. The van der Waals surface area contributed by atoms with Crippen LogP contribution in [0.1, 0.15) is 13.3 Å². The maximum atomic E-state index is 12.2. The summed E-state index contributed by atoms with van der Waals surface area (Å²) in [7, 11) is -3.76. The Morgan fingerprint density at radius 1 is 1.58 bits per heavy atom. The third-order valence-electron chi connectivity index (χ3n) is 2.20. The van der Waals surface area contributed by atoms with Crippen molar-refractivity contribution in [2.24, 2.45) is 0 Å². The first-order valence-electron chi connectivity index (χ1n) is 5.39. The molecule has 2 aromatic rings. The summed E-state index contributed by atoms with van der Waals surface area (Å²) < 4.78 is 28.9. The highest BCUT2D eigenvalue weighted by atomic mass is 79.9. The van der Waals surface area contributed by atoms with E-state index in [1.54, 1.807) is 0 Å². The van der Waals surface area contributed by atoms with Gasteiger partial charge in [0.15, 0.2) is 10.9 Å². The van der Waals surface area contributed by atoms with Crippen LogP contribution in [-0.2, 0) is 16.6 Å². The lowest BCUT2D eigenvalue weighted by Crippen LogP contribution is -2.13. The number of anilines is 2. The molecule has 0 unspecified atom stereocenters. The Morgan fingerprint density at radius 3 is 2.89 bits per heavy atom. The van der Waals surface area contributed by atoms with Crippen molar-refractivity contribution in [2.45, 2.75) is 24.8 Å². The first kappa shape index (κ1) is 14.3. The third-order valence-corrected chi connectivity index (χ3v) is 5.07. The number of thiazole rings is 1. The second-order valence-electron chi connectivity index (χ2n) is 3.72. The Balaban J connectivity index is 2.28. The second-order valence-corrected chi connectivity index (χ2v) is 7.78. The molecule has 0 spiro atoms. The molecule has 0 aliphatic heterocycles. The number of aryl methyl sites for hydroxylation is 1. The van der Waals surface area contributed by atoms with Gasteiger partial charge in [0.25, 0.3) is 10.0 Å². The van der Waals surface area contributed by atoms with Crippen LogP contribution >= 0.6 is 27.3 Å². The Hall–Kier alpha value is -1.13. The summed E-state index contributed by atoms with van der Waals surface area (Å²) in [4.78, 5) is 3.88. The second kappa shape index (κ2) is 5.47. The van der Waals surface area contributed by atoms with Crippen LogP contribution in [0.15, 0.2) is 21.1 Å². The summed E-state index contributed by atoms with van der Waals surface area (Å²) in [5.41, 5.74) is 5.64. The number of aromatic nitrogens is 3. The Morgan fingerprint density at radius 2 is 2.32 bits per heavy atom. The SMILES string of the molecule is CCCn1cc(S(=O)(=O)Nc2ncc(Br)s2)c(N)n1. The molecule has 2 rings (SSSR count). The molecule has 3 N–H and O–H groups in total. The van der Waals surface area contributed by atoms with Gasteiger partial charge in [-0.3, -0.25) is 9.40 Å². The molecule has 0 amide bonds. The van der Waals surface area contributed by atoms with Crippen LogP contribution in [-0.4, -0.2) is 23.2 Å². The van der Waals surface area contributed by atoms with Crippen LogP contribution in [0.5, 0.6) is 0 Å². The van der Waals surface area contributed by atoms with Crippen molar-refractivity contribution in [3.63, 3.8) is 0 Å². The molecule has 0 atom stereocenters. The summed E-state index contributed by atoms with van der Waals surface area (Å²) in [6.45, 7) is 2.58. The largest absolute Gasteiger partial charge is 0.381 e. The lowest BCUT2D eigenvalue weighted by Gasteiger charge is -2.02. The number of hydrogen-bond acceptors (Lipinski definition) is 6. The van der Waals surface area contributed by atoms with Gasteiger partial charge in [0.2, 0.25) is 0 Å². The van der Waals surface area contributed by atoms with E-state index in [0.717, 1.165) is 10.2 Å². The van der Waals surface area contributed by atoms with Gasteiger partial charge in [-0.05, 0) is 22.4 Å². The number of nitrogens with two attached hydrogens (primary N) is 1. The monoisotopic (exact) mass is 365 g/mol. The van der Waals surface area contributed by atoms with E-state index in [0.29, 0.717) is 6.54 Å². The van der Waals surface area contributed by atoms with Crippen LogP contribution in [0.25, 0.3) is 0 Å². The van der Waals surface area contributed by atoms with Crippen molar-refractivity contribution >= 4 is 48.2 Å². The van der Waals surface area contributed by atoms with Gasteiger partial charge in [-0.25, -0.2) is 13.4 Å². The molecule has 0 saturated carbocycles. The molecule has 19 heavy (non-hydrogen) atoms. The van der Waals surface area contributed by atoms with Crippen molar-refractivity contribution in [1.29, 1.82) is 0 Å². The van der Waals surface area contributed by atoms with E-state index < -0.39 is 10.0 Å². The number of sulfonamides is 1. The first-order chi connectivity index (χ1) is 8.92. The number of hydrogen-bond donors (Lipinski definition) is 2. The van der Waals surface area contributed by atoms with E-state index >= 15 is 0 Å². The van der Waals surface area contributed by atoms with Gasteiger partial charge >= 0.3 is 0 Å². The Labute approximate surface area is 123 Å². The molecule has 0 saturated heterocycles. The molecule has 10 heteroatoms. The lowest BCUT2D eigenvalue weighted by molar-refractivity contribution is 0.595. The highest BCUT2D eigenvalue weighted by Crippen LogP contribution is 2.26. The maximum Gasteiger partial charge on any atom is 0.268 e.